The van der Waals surface area contributed by atoms with E-state index in [0.717, 1.165) is 0 Å². The molecule has 214 valence electrons. The summed E-state index contributed by atoms with van der Waals surface area (Å²) in [6.45, 7) is 2.31. The van der Waals surface area contributed by atoms with Gasteiger partial charge in [0.05, 0.1) is 23.4 Å². The summed E-state index contributed by atoms with van der Waals surface area (Å²) in [5, 5.41) is 6.82. The second-order valence-corrected chi connectivity index (χ2v) is 11.6. The van der Waals surface area contributed by atoms with E-state index in [1.807, 2.05) is 0 Å². The van der Waals surface area contributed by atoms with Crippen molar-refractivity contribution in [1.82, 2.24) is 14.5 Å². The largest absolute Gasteiger partial charge is 0.480 e. The van der Waals surface area contributed by atoms with Crippen molar-refractivity contribution in [3.05, 3.63) is 39.8 Å². The summed E-state index contributed by atoms with van der Waals surface area (Å²) in [7, 11) is 1.56. The monoisotopic (exact) mass is 580 g/mol. The number of rotatable bonds is 4. The molecule has 4 heterocycles. The summed E-state index contributed by atoms with van der Waals surface area (Å²) < 4.78 is 65.4. The van der Waals surface area contributed by atoms with Crippen LogP contribution in [-0.2, 0) is 7.05 Å². The number of anilines is 4. The predicted molar refractivity (Wildman–Crippen MR) is 146 cm³/mol. The van der Waals surface area contributed by atoms with E-state index in [2.05, 4.69) is 20.6 Å². The Morgan fingerprint density at radius 1 is 1.15 bits per heavy atom. The Labute approximate surface area is 232 Å². The number of pyridine rings is 1. The van der Waals surface area contributed by atoms with Crippen LogP contribution in [-0.4, -0.2) is 52.1 Å². The molecule has 3 aliphatic rings. The number of hydrogen-bond acceptors (Lipinski definition) is 7. The van der Waals surface area contributed by atoms with Gasteiger partial charge in [-0.2, -0.15) is 4.98 Å². The highest BCUT2D eigenvalue weighted by molar-refractivity contribution is 6.33. The summed E-state index contributed by atoms with van der Waals surface area (Å²) in [6.07, 6.45) is 2.76. The van der Waals surface area contributed by atoms with Crippen LogP contribution in [0.2, 0.25) is 5.02 Å². The Hall–Kier alpha value is -3.28. The van der Waals surface area contributed by atoms with E-state index in [1.165, 1.54) is 24.6 Å². The molecule has 0 spiro atoms. The topological polar surface area (TPSA) is 84.3 Å². The average Bonchev–Trinajstić information content (AvgIpc) is 3.74. The Morgan fingerprint density at radius 2 is 1.85 bits per heavy atom. The predicted octanol–water partition coefficient (Wildman–Crippen LogP) is 5.67. The molecule has 2 N–H and O–H groups in total. The van der Waals surface area contributed by atoms with Crippen molar-refractivity contribution in [2.24, 2.45) is 24.8 Å². The SMILES string of the molecule is C[C@@H]1CN(c2ncc(Cl)c(Nc3ccc4c(c3)c3c(c(=O)n4C)OCC(F)(F)C(C4CC4)N3)n2)C[C@H](C)C1(F)F. The van der Waals surface area contributed by atoms with Crippen molar-refractivity contribution < 1.29 is 22.3 Å². The van der Waals surface area contributed by atoms with Crippen LogP contribution in [0, 0.1) is 17.8 Å². The molecule has 1 saturated heterocycles. The number of nitrogens with one attached hydrogen (secondary N) is 2. The van der Waals surface area contributed by atoms with E-state index >= 15 is 0 Å². The smallest absolute Gasteiger partial charge is 0.301 e. The summed E-state index contributed by atoms with van der Waals surface area (Å²) in [6, 6.07) is 3.97. The van der Waals surface area contributed by atoms with E-state index < -0.39 is 41.9 Å². The van der Waals surface area contributed by atoms with Gasteiger partial charge in [-0.05, 0) is 37.0 Å². The average molecular weight is 581 g/mol. The molecular formula is C27H29ClF4N6O2. The Morgan fingerprint density at radius 3 is 2.52 bits per heavy atom. The molecule has 8 nitrogen and oxygen atoms in total. The second-order valence-electron chi connectivity index (χ2n) is 11.2. The molecule has 2 fully saturated rings. The maximum atomic E-state index is 14.9. The molecule has 2 aliphatic heterocycles. The third kappa shape index (κ3) is 4.49. The number of piperidine rings is 1. The zero-order valence-corrected chi connectivity index (χ0v) is 22.9. The highest BCUT2D eigenvalue weighted by Crippen LogP contribution is 2.46. The maximum absolute atomic E-state index is 14.9. The van der Waals surface area contributed by atoms with Crippen LogP contribution < -0.4 is 25.8 Å². The molecule has 3 aromatic rings. The fourth-order valence-electron chi connectivity index (χ4n) is 5.65. The minimum Gasteiger partial charge on any atom is -0.480 e. The normalized spacial score (nSPS) is 25.5. The van der Waals surface area contributed by atoms with Crippen LogP contribution in [0.5, 0.6) is 5.75 Å². The summed E-state index contributed by atoms with van der Waals surface area (Å²) in [5.74, 6) is -7.52. The molecule has 0 amide bonds. The van der Waals surface area contributed by atoms with Crippen LogP contribution in [0.15, 0.2) is 29.2 Å². The van der Waals surface area contributed by atoms with E-state index in [-0.39, 0.29) is 47.2 Å². The highest BCUT2D eigenvalue weighted by Gasteiger charge is 2.51. The number of alkyl halides is 4. The minimum atomic E-state index is -3.15. The minimum absolute atomic E-state index is 0.0903. The molecule has 2 aromatic heterocycles. The first kappa shape index (κ1) is 26.9. The van der Waals surface area contributed by atoms with Gasteiger partial charge < -0.3 is 24.8 Å². The number of halogens is 5. The Balaban J connectivity index is 1.36. The molecule has 0 radical (unpaired) electrons. The fraction of sp³-hybridized carbons (Fsp3) is 0.519. The lowest BCUT2D eigenvalue weighted by Gasteiger charge is -2.41. The summed E-state index contributed by atoms with van der Waals surface area (Å²) in [4.78, 5) is 23.5. The van der Waals surface area contributed by atoms with Gasteiger partial charge in [-0.1, -0.05) is 25.4 Å². The van der Waals surface area contributed by atoms with Crippen molar-refractivity contribution in [2.45, 2.75) is 44.6 Å². The van der Waals surface area contributed by atoms with Crippen LogP contribution in [0.4, 0.5) is 40.7 Å². The molecule has 13 heteroatoms. The van der Waals surface area contributed by atoms with Crippen molar-refractivity contribution in [1.29, 1.82) is 0 Å². The third-order valence-electron chi connectivity index (χ3n) is 8.19. The highest BCUT2D eigenvalue weighted by atomic mass is 35.5. The van der Waals surface area contributed by atoms with Crippen molar-refractivity contribution >= 4 is 45.6 Å². The first-order chi connectivity index (χ1) is 18.9. The third-order valence-corrected chi connectivity index (χ3v) is 8.47. The second kappa shape index (κ2) is 9.39. The van der Waals surface area contributed by atoms with E-state index in [0.29, 0.717) is 29.4 Å². The van der Waals surface area contributed by atoms with Crippen LogP contribution >= 0.6 is 11.6 Å². The number of aromatic nitrogens is 3. The number of nitrogens with zero attached hydrogens (tertiary/aromatic N) is 4. The number of ether oxygens (including phenoxy) is 1. The number of fused-ring (bicyclic) bond motifs is 3. The first-order valence-corrected chi connectivity index (χ1v) is 13.6. The van der Waals surface area contributed by atoms with Crippen molar-refractivity contribution in [3.63, 3.8) is 0 Å². The quantitative estimate of drug-likeness (QED) is 0.385. The standard InChI is InChI=1S/C27H29ClF4N6O2/c1-13-10-38(11-14(2)27(13,31)32)25-33-9-18(28)23(36-25)34-16-6-7-19-17(8-16)20-21(24(39)37(19)3)40-12-26(29,30)22(35-20)15-4-5-15/h6-9,13-15,22,35H,4-5,10-12H2,1-3H3,(H,33,34,36)/t13-,14+,22?. The molecule has 40 heavy (non-hydrogen) atoms. The maximum Gasteiger partial charge on any atom is 0.301 e. The fourth-order valence-corrected chi connectivity index (χ4v) is 5.79. The van der Waals surface area contributed by atoms with E-state index in [4.69, 9.17) is 16.3 Å². The van der Waals surface area contributed by atoms with Gasteiger partial charge in [0, 0.05) is 43.0 Å². The molecule has 3 atom stereocenters. The summed E-state index contributed by atoms with van der Waals surface area (Å²) in [5.41, 5.74) is 0.758. The molecule has 1 unspecified atom stereocenters. The Bertz CT molecular complexity index is 1530. The summed E-state index contributed by atoms with van der Waals surface area (Å²) >= 11 is 6.39. The molecule has 1 aromatic carbocycles. The van der Waals surface area contributed by atoms with Gasteiger partial charge in [0.1, 0.15) is 5.02 Å². The van der Waals surface area contributed by atoms with Crippen LogP contribution in [0.1, 0.15) is 26.7 Å². The zero-order valence-electron chi connectivity index (χ0n) is 22.1. The first-order valence-electron chi connectivity index (χ1n) is 13.2. The van der Waals surface area contributed by atoms with Gasteiger partial charge in [-0.25, -0.2) is 22.5 Å². The van der Waals surface area contributed by atoms with Crippen LogP contribution in [0.3, 0.4) is 0 Å². The van der Waals surface area contributed by atoms with Crippen molar-refractivity contribution in [3.8, 4) is 5.75 Å². The molecule has 1 aliphatic carbocycles. The number of hydrogen-bond donors (Lipinski definition) is 2. The molecule has 6 rings (SSSR count). The lowest BCUT2D eigenvalue weighted by atomic mass is 9.87. The van der Waals surface area contributed by atoms with Crippen LogP contribution in [0.25, 0.3) is 10.9 Å². The zero-order chi connectivity index (χ0) is 28.6. The van der Waals surface area contributed by atoms with Gasteiger partial charge in [-0.3, -0.25) is 4.79 Å². The molecular weight excluding hydrogens is 552 g/mol. The number of benzene rings is 1. The Kier molecular flexibility index (Phi) is 6.32. The van der Waals surface area contributed by atoms with Crippen molar-refractivity contribution in [2.75, 3.05) is 35.2 Å². The lowest BCUT2D eigenvalue weighted by Crippen LogP contribution is -2.52. The van der Waals surface area contributed by atoms with Gasteiger partial charge in [0.2, 0.25) is 11.7 Å². The van der Waals surface area contributed by atoms with Gasteiger partial charge >= 0.3 is 5.92 Å². The molecule has 1 saturated carbocycles. The van der Waals surface area contributed by atoms with Gasteiger partial charge in [0.15, 0.2) is 12.4 Å². The number of aryl methyl sites for hydroxylation is 1. The molecule has 0 bridgehead atoms. The van der Waals surface area contributed by atoms with E-state index in [9.17, 15) is 22.4 Å². The van der Waals surface area contributed by atoms with E-state index in [1.54, 1.807) is 30.1 Å². The van der Waals surface area contributed by atoms with Gasteiger partial charge in [-0.15, -0.1) is 0 Å². The lowest BCUT2D eigenvalue weighted by molar-refractivity contribution is -0.105. The van der Waals surface area contributed by atoms with Gasteiger partial charge in [0.25, 0.3) is 11.5 Å².